The summed E-state index contributed by atoms with van der Waals surface area (Å²) in [5.74, 6) is -5.90. The molecule has 9 nitrogen and oxygen atoms in total. The molecule has 0 aromatic heterocycles. The van der Waals surface area contributed by atoms with Gasteiger partial charge in [0, 0.05) is 18.3 Å². The van der Waals surface area contributed by atoms with Crippen LogP contribution < -0.4 is 11.1 Å². The monoisotopic (exact) mass is 532 g/mol. The van der Waals surface area contributed by atoms with Crippen molar-refractivity contribution in [2.24, 2.45) is 16.1 Å². The molecule has 2 rings (SSSR count). The van der Waals surface area contributed by atoms with Gasteiger partial charge in [0.25, 0.3) is 5.91 Å². The maximum Gasteiger partial charge on any atom is 0.490 e. The maximum atomic E-state index is 14.7. The zero-order chi connectivity index (χ0) is 28.7. The number of guanidine groups is 1. The number of benzene rings is 1. The third-order valence-electron chi connectivity index (χ3n) is 5.72. The van der Waals surface area contributed by atoms with Gasteiger partial charge >= 0.3 is 18.3 Å². The van der Waals surface area contributed by atoms with E-state index in [1.807, 2.05) is 5.32 Å². The van der Waals surface area contributed by atoms with E-state index in [1.54, 1.807) is 0 Å². The van der Waals surface area contributed by atoms with Crippen LogP contribution in [0, 0.1) is 11.2 Å². The zero-order valence-electron chi connectivity index (χ0n) is 19.5. The molecule has 0 fully saturated rings. The summed E-state index contributed by atoms with van der Waals surface area (Å²) >= 11 is 0. The van der Waals surface area contributed by atoms with Crippen LogP contribution in [0.3, 0.4) is 0 Å². The highest BCUT2D eigenvalue weighted by atomic mass is 19.4. The Hall–Kier alpha value is -3.43. The average Bonchev–Trinajstić information content (AvgIpc) is 2.71. The molecule has 1 aromatic carbocycles. The molecule has 0 spiro atoms. The van der Waals surface area contributed by atoms with Crippen LogP contribution in [0.4, 0.5) is 36.4 Å². The van der Waals surface area contributed by atoms with Crippen molar-refractivity contribution in [2.45, 2.75) is 51.2 Å². The standard InChI is InChI=1S/C18H22F4N4O3.C2HF3O2/c1-15(2)13(28)26(5)14(23)25-16(15,3)10-8-9(6-7-11(10)19)24-12(27)17(4,29)18(20,21)22;3-2(4,5)1(6)7/h6-8,29H,1-5H3,(H2,23,25)(H,24,27);(H,6,7)/t16-,17-;/m1./s1. The molecule has 1 aliphatic rings. The van der Waals surface area contributed by atoms with E-state index in [1.165, 1.54) is 27.8 Å². The number of hydrogen-bond acceptors (Lipinski definition) is 6. The lowest BCUT2D eigenvalue weighted by Gasteiger charge is -2.46. The highest BCUT2D eigenvalue weighted by Gasteiger charge is 2.56. The third-order valence-corrected chi connectivity index (χ3v) is 5.72. The Morgan fingerprint density at radius 3 is 2.00 bits per heavy atom. The van der Waals surface area contributed by atoms with Crippen molar-refractivity contribution in [3.63, 3.8) is 0 Å². The van der Waals surface area contributed by atoms with Crippen LogP contribution in [0.15, 0.2) is 23.2 Å². The van der Waals surface area contributed by atoms with Crippen molar-refractivity contribution in [1.82, 2.24) is 4.90 Å². The molecule has 0 aliphatic carbocycles. The number of aliphatic carboxylic acids is 1. The summed E-state index contributed by atoms with van der Waals surface area (Å²) in [5, 5.41) is 18.5. The Bertz CT molecular complexity index is 1080. The van der Waals surface area contributed by atoms with Crippen LogP contribution in [-0.2, 0) is 19.9 Å². The molecule has 1 heterocycles. The normalized spacial score (nSPS) is 21.5. The van der Waals surface area contributed by atoms with Crippen molar-refractivity contribution in [1.29, 1.82) is 0 Å². The van der Waals surface area contributed by atoms with Gasteiger partial charge in [-0.1, -0.05) is 0 Å². The number of aliphatic hydroxyl groups is 1. The fourth-order valence-electron chi connectivity index (χ4n) is 2.93. The van der Waals surface area contributed by atoms with E-state index in [0.717, 1.165) is 23.1 Å². The molecule has 1 aromatic rings. The summed E-state index contributed by atoms with van der Waals surface area (Å²) in [6.45, 7) is 4.82. The number of carboxylic acid groups (broad SMARTS) is 1. The van der Waals surface area contributed by atoms with Crippen LogP contribution in [0.1, 0.15) is 33.3 Å². The minimum Gasteiger partial charge on any atom is -0.475 e. The Morgan fingerprint density at radius 2 is 1.58 bits per heavy atom. The summed E-state index contributed by atoms with van der Waals surface area (Å²) in [4.78, 5) is 38.9. The van der Waals surface area contributed by atoms with Crippen LogP contribution >= 0.6 is 0 Å². The number of anilines is 1. The number of alkyl halides is 6. The van der Waals surface area contributed by atoms with Crippen LogP contribution in [0.25, 0.3) is 0 Å². The molecule has 1 aliphatic heterocycles. The first-order valence-electron chi connectivity index (χ1n) is 9.75. The minimum absolute atomic E-state index is 0.156. The molecule has 36 heavy (non-hydrogen) atoms. The summed E-state index contributed by atoms with van der Waals surface area (Å²) in [6.07, 6.45) is -10.3. The largest absolute Gasteiger partial charge is 0.490 e. The molecular weight excluding hydrogens is 509 g/mol. The number of nitrogens with two attached hydrogens (primary N) is 1. The summed E-state index contributed by atoms with van der Waals surface area (Å²) < 4.78 is 85.0. The van der Waals surface area contributed by atoms with Gasteiger partial charge in [-0.05, 0) is 45.9 Å². The lowest BCUT2D eigenvalue weighted by molar-refractivity contribution is -0.242. The third kappa shape index (κ3) is 5.68. The molecule has 16 heteroatoms. The summed E-state index contributed by atoms with van der Waals surface area (Å²) in [7, 11) is 1.41. The van der Waals surface area contributed by atoms with Crippen LogP contribution in [0.5, 0.6) is 0 Å². The van der Waals surface area contributed by atoms with E-state index in [4.69, 9.17) is 15.6 Å². The van der Waals surface area contributed by atoms with Crippen molar-refractivity contribution in [3.8, 4) is 0 Å². The number of amides is 2. The van der Waals surface area contributed by atoms with E-state index in [2.05, 4.69) is 4.99 Å². The summed E-state index contributed by atoms with van der Waals surface area (Å²) in [5.41, 5.74) is -1.03. The predicted octanol–water partition coefficient (Wildman–Crippen LogP) is 2.74. The van der Waals surface area contributed by atoms with Gasteiger partial charge in [0.2, 0.25) is 11.5 Å². The number of halogens is 7. The second kappa shape index (κ2) is 9.55. The average molecular weight is 532 g/mol. The number of carboxylic acids is 1. The minimum atomic E-state index is -5.22. The molecule has 2 amide bonds. The van der Waals surface area contributed by atoms with E-state index in [-0.39, 0.29) is 17.2 Å². The SMILES string of the molecule is CN1C(=O)C(C)(C)[C@@](C)(c2cc(NC(=O)[C@@](C)(O)C(F)(F)F)ccc2F)N=C1N.O=C(O)C(F)(F)F. The van der Waals surface area contributed by atoms with Gasteiger partial charge < -0.3 is 21.3 Å². The Kier molecular flexibility index (Phi) is 8.12. The van der Waals surface area contributed by atoms with Crippen molar-refractivity contribution >= 4 is 29.4 Å². The van der Waals surface area contributed by atoms with Gasteiger partial charge in [0.05, 0.1) is 5.41 Å². The van der Waals surface area contributed by atoms with Crippen molar-refractivity contribution in [2.75, 3.05) is 12.4 Å². The van der Waals surface area contributed by atoms with Gasteiger partial charge in [-0.2, -0.15) is 26.3 Å². The fourth-order valence-corrected chi connectivity index (χ4v) is 2.93. The number of hydrogen-bond donors (Lipinski definition) is 4. The molecule has 5 N–H and O–H groups in total. The molecule has 0 radical (unpaired) electrons. The number of aliphatic imine (C=N–C) groups is 1. The van der Waals surface area contributed by atoms with Gasteiger partial charge in [0.1, 0.15) is 11.4 Å². The smallest absolute Gasteiger partial charge is 0.475 e. The fraction of sp³-hybridized carbons (Fsp3) is 0.500. The number of carbonyl (C=O) groups is 3. The second-order valence-corrected chi connectivity index (χ2v) is 8.55. The van der Waals surface area contributed by atoms with E-state index >= 15 is 0 Å². The highest BCUT2D eigenvalue weighted by molar-refractivity contribution is 6.02. The van der Waals surface area contributed by atoms with Crippen molar-refractivity contribution in [3.05, 3.63) is 29.6 Å². The Labute approximate surface area is 199 Å². The molecule has 2 atom stereocenters. The lowest BCUT2D eigenvalue weighted by Crippen LogP contribution is -2.58. The van der Waals surface area contributed by atoms with E-state index in [0.29, 0.717) is 6.92 Å². The molecule has 0 unspecified atom stereocenters. The summed E-state index contributed by atoms with van der Waals surface area (Å²) in [6, 6.07) is 3.02. The highest BCUT2D eigenvalue weighted by Crippen LogP contribution is 2.47. The van der Waals surface area contributed by atoms with Gasteiger partial charge in [0.15, 0.2) is 5.96 Å². The van der Waals surface area contributed by atoms with E-state index < -0.39 is 52.5 Å². The molecular formula is C20H23F7N4O5. The van der Waals surface area contributed by atoms with Crippen molar-refractivity contribution < 1.29 is 55.3 Å². The first-order valence-corrected chi connectivity index (χ1v) is 9.75. The van der Waals surface area contributed by atoms with Crippen LogP contribution in [-0.4, -0.2) is 63.9 Å². The molecule has 0 saturated carbocycles. The number of carbonyl (C=O) groups excluding carboxylic acids is 2. The van der Waals surface area contributed by atoms with Crippen LogP contribution in [0.2, 0.25) is 0 Å². The lowest BCUT2D eigenvalue weighted by atomic mass is 9.67. The Balaban J connectivity index is 0.000000809. The predicted molar refractivity (Wildman–Crippen MR) is 111 cm³/mol. The molecule has 0 bridgehead atoms. The molecule has 202 valence electrons. The molecule has 0 saturated heterocycles. The topological polar surface area (TPSA) is 145 Å². The van der Waals surface area contributed by atoms with E-state index in [9.17, 15) is 45.4 Å². The van der Waals surface area contributed by atoms with Gasteiger partial charge in [-0.25, -0.2) is 14.2 Å². The first kappa shape index (κ1) is 30.6. The quantitative estimate of drug-likeness (QED) is 0.441. The number of nitrogens with zero attached hydrogens (tertiary/aromatic N) is 2. The maximum absolute atomic E-state index is 14.7. The number of rotatable bonds is 3. The number of nitrogens with one attached hydrogen (secondary N) is 1. The second-order valence-electron chi connectivity index (χ2n) is 8.55. The van der Waals surface area contributed by atoms with Gasteiger partial charge in [-0.15, -0.1) is 0 Å². The Morgan fingerprint density at radius 1 is 1.11 bits per heavy atom. The van der Waals surface area contributed by atoms with Gasteiger partial charge in [-0.3, -0.25) is 14.5 Å². The first-order chi connectivity index (χ1) is 15.9. The zero-order valence-corrected chi connectivity index (χ0v) is 19.5.